The molecular formula is C23H32O5. The van der Waals surface area contributed by atoms with E-state index in [-0.39, 0.29) is 22.9 Å². The molecule has 0 amide bonds. The molecular weight excluding hydrogens is 356 g/mol. The number of carboxylic acid groups (broad SMARTS) is 1. The van der Waals surface area contributed by atoms with Crippen LogP contribution in [0.1, 0.15) is 72.1 Å². The topological polar surface area (TPSA) is 80.7 Å². The predicted molar refractivity (Wildman–Crippen MR) is 103 cm³/mol. The summed E-state index contributed by atoms with van der Waals surface area (Å²) in [5.74, 6) is -0.193. The van der Waals surface area contributed by atoms with Crippen LogP contribution in [0.5, 0.6) is 0 Å². The average Bonchev–Trinajstić information content (AvgIpc) is 2.99. The molecule has 3 fully saturated rings. The summed E-state index contributed by atoms with van der Waals surface area (Å²) in [6.45, 7) is 6.49. The van der Waals surface area contributed by atoms with Gasteiger partial charge in [0.1, 0.15) is 11.9 Å². The van der Waals surface area contributed by atoms with E-state index < -0.39 is 11.9 Å². The molecule has 0 aromatic rings. The lowest BCUT2D eigenvalue weighted by Crippen LogP contribution is -2.51. The first-order valence-corrected chi connectivity index (χ1v) is 10.8. The Morgan fingerprint density at radius 2 is 1.82 bits per heavy atom. The van der Waals surface area contributed by atoms with E-state index in [1.807, 2.05) is 0 Å². The van der Waals surface area contributed by atoms with Crippen LogP contribution < -0.4 is 0 Å². The predicted octanol–water partition coefficient (Wildman–Crippen LogP) is 4.15. The molecule has 1 N–H and O–H groups in total. The number of esters is 1. The number of hydrogen-bond acceptors (Lipinski definition) is 4. The van der Waals surface area contributed by atoms with E-state index >= 15 is 0 Å². The summed E-state index contributed by atoms with van der Waals surface area (Å²) >= 11 is 0. The molecule has 0 saturated heterocycles. The summed E-state index contributed by atoms with van der Waals surface area (Å²) in [5.41, 5.74) is 1.63. The average molecular weight is 389 g/mol. The molecule has 0 spiro atoms. The first-order valence-electron chi connectivity index (χ1n) is 10.8. The maximum absolute atomic E-state index is 12.2. The van der Waals surface area contributed by atoms with Gasteiger partial charge in [-0.2, -0.15) is 0 Å². The van der Waals surface area contributed by atoms with E-state index in [1.165, 1.54) is 12.0 Å². The molecule has 0 aliphatic heterocycles. The highest BCUT2D eigenvalue weighted by atomic mass is 16.6. The van der Waals surface area contributed by atoms with Gasteiger partial charge in [-0.25, -0.2) is 9.59 Å². The summed E-state index contributed by atoms with van der Waals surface area (Å²) in [5, 5.41) is 8.81. The standard InChI is InChI=1S/C23H32O5/c1-13(24)17-6-7-18-16-5-4-14-12-15(28-21(27)20(25)26)8-10-22(14,2)19(16)9-11-23(17,18)3/h4,15-19H,5-12H2,1-3H3,(H,25,26). The number of hydrogen-bond donors (Lipinski definition) is 1. The molecule has 0 aromatic carbocycles. The van der Waals surface area contributed by atoms with E-state index in [0.717, 1.165) is 38.5 Å². The molecule has 5 heteroatoms. The van der Waals surface area contributed by atoms with Crippen LogP contribution in [0.15, 0.2) is 11.6 Å². The van der Waals surface area contributed by atoms with E-state index in [4.69, 9.17) is 9.84 Å². The Balaban J connectivity index is 1.54. The summed E-state index contributed by atoms with van der Waals surface area (Å²) in [7, 11) is 0. The van der Waals surface area contributed by atoms with Gasteiger partial charge < -0.3 is 9.84 Å². The van der Waals surface area contributed by atoms with E-state index in [2.05, 4.69) is 19.9 Å². The summed E-state index contributed by atoms with van der Waals surface area (Å²) < 4.78 is 5.19. The van der Waals surface area contributed by atoms with Crippen molar-refractivity contribution in [3.8, 4) is 0 Å². The minimum absolute atomic E-state index is 0.116. The van der Waals surface area contributed by atoms with Gasteiger partial charge in [0.25, 0.3) is 0 Å². The number of carbonyl (C=O) groups is 3. The zero-order valence-electron chi connectivity index (χ0n) is 17.2. The Kier molecular flexibility index (Phi) is 4.71. The Labute approximate surface area is 166 Å². The number of carbonyl (C=O) groups excluding carboxylic acids is 2. The monoisotopic (exact) mass is 388 g/mol. The number of allylic oxidation sites excluding steroid dienone is 1. The fourth-order valence-corrected chi connectivity index (χ4v) is 7.60. The van der Waals surface area contributed by atoms with Crippen LogP contribution in [0, 0.1) is 34.5 Å². The molecule has 0 radical (unpaired) electrons. The molecule has 0 aromatic heterocycles. The van der Waals surface area contributed by atoms with Crippen LogP contribution in [0.4, 0.5) is 0 Å². The van der Waals surface area contributed by atoms with Gasteiger partial charge in [0, 0.05) is 12.3 Å². The molecule has 4 aliphatic carbocycles. The summed E-state index contributed by atoms with van der Waals surface area (Å²) in [6, 6.07) is 0. The number of Topliss-reactive ketones (excluding diaryl/α,β-unsaturated/α-hetero) is 1. The van der Waals surface area contributed by atoms with Crippen LogP contribution in [-0.2, 0) is 19.1 Å². The van der Waals surface area contributed by atoms with Gasteiger partial charge in [-0.1, -0.05) is 25.5 Å². The SMILES string of the molecule is CC(=O)C1CCC2C3CC=C4CC(OC(=O)C(=O)O)CCC4(C)C3CCC12C. The first-order chi connectivity index (χ1) is 13.2. The number of fused-ring (bicyclic) bond motifs is 5. The third-order valence-corrected chi connectivity index (χ3v) is 9.00. The van der Waals surface area contributed by atoms with Crippen LogP contribution in [0.2, 0.25) is 0 Å². The minimum Gasteiger partial charge on any atom is -0.473 e. The van der Waals surface area contributed by atoms with Crippen molar-refractivity contribution in [1.29, 1.82) is 0 Å². The zero-order chi connectivity index (χ0) is 20.3. The van der Waals surface area contributed by atoms with Gasteiger partial charge in [0.15, 0.2) is 0 Å². The lowest BCUT2D eigenvalue weighted by atomic mass is 9.47. The number of aliphatic carboxylic acids is 1. The first kappa shape index (κ1) is 19.7. The summed E-state index contributed by atoms with van der Waals surface area (Å²) in [6.07, 6.45) is 9.91. The van der Waals surface area contributed by atoms with Crippen molar-refractivity contribution < 1.29 is 24.2 Å². The molecule has 5 nitrogen and oxygen atoms in total. The largest absolute Gasteiger partial charge is 0.473 e. The maximum atomic E-state index is 12.2. The number of carboxylic acids is 1. The minimum atomic E-state index is -1.51. The van der Waals surface area contributed by atoms with E-state index in [0.29, 0.717) is 30.0 Å². The van der Waals surface area contributed by atoms with Crippen LogP contribution in [0.25, 0.3) is 0 Å². The molecule has 0 bridgehead atoms. The van der Waals surface area contributed by atoms with Crippen molar-refractivity contribution in [3.05, 3.63) is 11.6 Å². The van der Waals surface area contributed by atoms with Crippen molar-refractivity contribution in [1.82, 2.24) is 0 Å². The molecule has 4 rings (SSSR count). The number of rotatable bonds is 2. The van der Waals surface area contributed by atoms with Gasteiger partial charge in [0.2, 0.25) is 0 Å². The fourth-order valence-electron chi connectivity index (χ4n) is 7.60. The van der Waals surface area contributed by atoms with E-state index in [9.17, 15) is 14.4 Å². The normalized spacial score (nSPS) is 44.5. The second-order valence-corrected chi connectivity index (χ2v) is 10.1. The Bertz CT molecular complexity index is 739. The highest BCUT2D eigenvalue weighted by Gasteiger charge is 2.59. The van der Waals surface area contributed by atoms with Crippen LogP contribution in [0.3, 0.4) is 0 Å². The molecule has 0 heterocycles. The lowest BCUT2D eigenvalue weighted by molar-refractivity contribution is -0.168. The van der Waals surface area contributed by atoms with Gasteiger partial charge in [-0.05, 0) is 80.5 Å². The Morgan fingerprint density at radius 1 is 1.07 bits per heavy atom. The Morgan fingerprint density at radius 3 is 2.50 bits per heavy atom. The van der Waals surface area contributed by atoms with Gasteiger partial charge >= 0.3 is 11.9 Å². The third kappa shape index (κ3) is 2.84. The number of ketones is 1. The van der Waals surface area contributed by atoms with Crippen LogP contribution >= 0.6 is 0 Å². The molecule has 4 aliphatic rings. The molecule has 7 unspecified atom stereocenters. The fraction of sp³-hybridized carbons (Fsp3) is 0.783. The highest BCUT2D eigenvalue weighted by molar-refractivity contribution is 6.28. The number of ether oxygens (including phenoxy) is 1. The second kappa shape index (κ2) is 6.70. The Hall–Kier alpha value is -1.65. The molecule has 28 heavy (non-hydrogen) atoms. The van der Waals surface area contributed by atoms with Gasteiger partial charge in [0.05, 0.1) is 0 Å². The van der Waals surface area contributed by atoms with Crippen molar-refractivity contribution >= 4 is 17.7 Å². The van der Waals surface area contributed by atoms with Crippen molar-refractivity contribution in [2.45, 2.75) is 78.2 Å². The van der Waals surface area contributed by atoms with Gasteiger partial charge in [-0.15, -0.1) is 0 Å². The smallest absolute Gasteiger partial charge is 0.417 e. The van der Waals surface area contributed by atoms with Gasteiger partial charge in [-0.3, -0.25) is 4.79 Å². The molecule has 7 atom stereocenters. The maximum Gasteiger partial charge on any atom is 0.417 e. The summed E-state index contributed by atoms with van der Waals surface area (Å²) in [4.78, 5) is 34.5. The zero-order valence-corrected chi connectivity index (χ0v) is 17.2. The lowest BCUT2D eigenvalue weighted by Gasteiger charge is -2.58. The van der Waals surface area contributed by atoms with Crippen LogP contribution in [-0.4, -0.2) is 28.9 Å². The second-order valence-electron chi connectivity index (χ2n) is 10.1. The quantitative estimate of drug-likeness (QED) is 0.437. The van der Waals surface area contributed by atoms with Crippen molar-refractivity contribution in [3.63, 3.8) is 0 Å². The molecule has 3 saturated carbocycles. The van der Waals surface area contributed by atoms with Crippen molar-refractivity contribution in [2.75, 3.05) is 0 Å². The van der Waals surface area contributed by atoms with E-state index in [1.54, 1.807) is 6.92 Å². The molecule has 154 valence electrons. The highest BCUT2D eigenvalue weighted by Crippen LogP contribution is 2.66. The third-order valence-electron chi connectivity index (χ3n) is 9.00. The van der Waals surface area contributed by atoms with Crippen molar-refractivity contribution in [2.24, 2.45) is 34.5 Å².